The van der Waals surface area contributed by atoms with Crippen LogP contribution in [0.5, 0.6) is 0 Å². The first-order valence-corrected chi connectivity index (χ1v) is 8.05. The van der Waals surface area contributed by atoms with Gasteiger partial charge in [0.05, 0.1) is 13.1 Å². The molecule has 0 radical (unpaired) electrons. The van der Waals surface area contributed by atoms with Gasteiger partial charge in [0.2, 0.25) is 11.8 Å². The maximum Gasteiger partial charge on any atom is 0.238 e. The van der Waals surface area contributed by atoms with Crippen LogP contribution in [-0.2, 0) is 9.59 Å². The predicted octanol–water partition coefficient (Wildman–Crippen LogP) is 2.03. The summed E-state index contributed by atoms with van der Waals surface area (Å²) in [6.07, 6.45) is 0. The van der Waals surface area contributed by atoms with Crippen LogP contribution in [0.25, 0.3) is 0 Å². The number of carbonyl (C=O) groups is 2. The van der Waals surface area contributed by atoms with E-state index in [-0.39, 0.29) is 24.9 Å². The highest BCUT2D eigenvalue weighted by Gasteiger charge is 2.14. The van der Waals surface area contributed by atoms with Crippen LogP contribution in [-0.4, -0.2) is 54.8 Å². The monoisotopic (exact) mass is 403 g/mol. The lowest BCUT2D eigenvalue weighted by Gasteiger charge is -2.22. The maximum absolute atomic E-state index is 11.9. The van der Waals surface area contributed by atoms with Crippen LogP contribution in [0.3, 0.4) is 0 Å². The highest BCUT2D eigenvalue weighted by molar-refractivity contribution is 14.1. The Bertz CT molecular complexity index is 472. The van der Waals surface area contributed by atoms with Crippen LogP contribution < -0.4 is 5.32 Å². The molecule has 1 aromatic rings. The summed E-state index contributed by atoms with van der Waals surface area (Å²) < 4.78 is 1.12. The summed E-state index contributed by atoms with van der Waals surface area (Å²) in [5.41, 5.74) is 0.767. The molecule has 21 heavy (non-hydrogen) atoms. The lowest BCUT2D eigenvalue weighted by molar-refractivity contribution is -0.132. The van der Waals surface area contributed by atoms with Gasteiger partial charge < -0.3 is 10.2 Å². The van der Waals surface area contributed by atoms with Gasteiger partial charge in [-0.3, -0.25) is 14.5 Å². The van der Waals surface area contributed by atoms with E-state index in [1.807, 2.05) is 38.1 Å². The highest BCUT2D eigenvalue weighted by Crippen LogP contribution is 2.10. The van der Waals surface area contributed by atoms with Crippen LogP contribution >= 0.6 is 22.6 Å². The zero-order valence-electron chi connectivity index (χ0n) is 12.7. The van der Waals surface area contributed by atoms with Gasteiger partial charge in [0, 0.05) is 22.3 Å². The average Bonchev–Trinajstić information content (AvgIpc) is 2.42. The SMILES string of the molecule is CCN(CC)C(=O)CN(C)CC(=O)Nc1ccc(I)cc1. The molecule has 0 atom stereocenters. The van der Waals surface area contributed by atoms with Crippen molar-refractivity contribution >= 4 is 40.1 Å². The summed E-state index contributed by atoms with van der Waals surface area (Å²) in [4.78, 5) is 27.3. The average molecular weight is 403 g/mol. The summed E-state index contributed by atoms with van der Waals surface area (Å²) in [7, 11) is 1.77. The predicted molar refractivity (Wildman–Crippen MR) is 93.2 cm³/mol. The number of hydrogen-bond acceptors (Lipinski definition) is 3. The molecule has 0 aromatic heterocycles. The molecule has 6 heteroatoms. The molecule has 0 unspecified atom stereocenters. The van der Waals surface area contributed by atoms with E-state index >= 15 is 0 Å². The number of halogens is 1. The van der Waals surface area contributed by atoms with Crippen LogP contribution in [0, 0.1) is 3.57 Å². The van der Waals surface area contributed by atoms with E-state index < -0.39 is 0 Å². The van der Waals surface area contributed by atoms with E-state index in [0.717, 1.165) is 9.26 Å². The maximum atomic E-state index is 11.9. The van der Waals surface area contributed by atoms with Crippen LogP contribution in [0.2, 0.25) is 0 Å². The molecule has 1 N–H and O–H groups in total. The van der Waals surface area contributed by atoms with E-state index in [9.17, 15) is 9.59 Å². The highest BCUT2D eigenvalue weighted by atomic mass is 127. The molecule has 0 spiro atoms. The molecule has 0 saturated carbocycles. The number of likely N-dealkylation sites (N-methyl/N-ethyl adjacent to an activating group) is 2. The second-order valence-electron chi connectivity index (χ2n) is 4.79. The third-order valence-corrected chi connectivity index (χ3v) is 3.78. The van der Waals surface area contributed by atoms with Crippen molar-refractivity contribution in [1.82, 2.24) is 9.80 Å². The van der Waals surface area contributed by atoms with Crippen LogP contribution in [0.1, 0.15) is 13.8 Å². The Hall–Kier alpha value is -1.15. The van der Waals surface area contributed by atoms with Crippen molar-refractivity contribution in [2.45, 2.75) is 13.8 Å². The molecular weight excluding hydrogens is 381 g/mol. The van der Waals surface area contributed by atoms with Crippen molar-refractivity contribution in [3.63, 3.8) is 0 Å². The Morgan fingerprint density at radius 3 is 2.19 bits per heavy atom. The zero-order chi connectivity index (χ0) is 15.8. The molecule has 0 aliphatic rings. The van der Waals surface area contributed by atoms with Gasteiger partial charge in [-0.25, -0.2) is 0 Å². The fraction of sp³-hybridized carbons (Fsp3) is 0.467. The molecule has 0 heterocycles. The van der Waals surface area contributed by atoms with Gasteiger partial charge in [-0.2, -0.15) is 0 Å². The van der Waals surface area contributed by atoms with E-state index in [1.165, 1.54) is 0 Å². The first-order valence-electron chi connectivity index (χ1n) is 6.98. The minimum Gasteiger partial charge on any atom is -0.342 e. The van der Waals surface area contributed by atoms with Gasteiger partial charge in [-0.1, -0.05) is 0 Å². The minimum atomic E-state index is -0.119. The van der Waals surface area contributed by atoms with E-state index in [1.54, 1.807) is 16.8 Å². The molecule has 116 valence electrons. The standard InChI is InChI=1S/C15H22IN3O2/c1-4-19(5-2)15(21)11-18(3)10-14(20)17-13-8-6-12(16)7-9-13/h6-9H,4-5,10-11H2,1-3H3,(H,17,20). The van der Waals surface area contributed by atoms with Crippen molar-refractivity contribution in [3.8, 4) is 0 Å². The Morgan fingerprint density at radius 2 is 1.67 bits per heavy atom. The number of anilines is 1. The second-order valence-corrected chi connectivity index (χ2v) is 6.04. The molecule has 5 nitrogen and oxygen atoms in total. The first kappa shape index (κ1) is 17.9. The number of nitrogens with zero attached hydrogens (tertiary/aromatic N) is 2. The summed E-state index contributed by atoms with van der Waals surface area (Å²) in [5.74, 6) is -0.0735. The van der Waals surface area contributed by atoms with Crippen molar-refractivity contribution in [3.05, 3.63) is 27.8 Å². The molecule has 0 bridgehead atoms. The smallest absolute Gasteiger partial charge is 0.238 e. The third-order valence-electron chi connectivity index (χ3n) is 3.06. The van der Waals surface area contributed by atoms with Gasteiger partial charge in [-0.05, 0) is 67.8 Å². The normalized spacial score (nSPS) is 10.5. The van der Waals surface area contributed by atoms with Gasteiger partial charge in [0.15, 0.2) is 0 Å². The molecule has 1 rings (SSSR count). The van der Waals surface area contributed by atoms with Gasteiger partial charge in [-0.15, -0.1) is 0 Å². The second kappa shape index (κ2) is 8.99. The Kier molecular flexibility index (Phi) is 7.66. The molecule has 0 fully saturated rings. The number of benzene rings is 1. The number of rotatable bonds is 7. The molecular formula is C15H22IN3O2. The van der Waals surface area contributed by atoms with Crippen molar-refractivity contribution in [1.29, 1.82) is 0 Å². The summed E-state index contributed by atoms with van der Waals surface area (Å²) in [6.45, 7) is 5.73. The Morgan fingerprint density at radius 1 is 1.10 bits per heavy atom. The van der Waals surface area contributed by atoms with Crippen molar-refractivity contribution < 1.29 is 9.59 Å². The minimum absolute atomic E-state index is 0.0459. The van der Waals surface area contributed by atoms with Crippen LogP contribution in [0.15, 0.2) is 24.3 Å². The lowest BCUT2D eigenvalue weighted by Crippen LogP contribution is -2.41. The number of amides is 2. The van der Waals surface area contributed by atoms with Gasteiger partial charge in [0.1, 0.15) is 0 Å². The molecule has 0 saturated heterocycles. The molecule has 0 aliphatic heterocycles. The molecule has 1 aromatic carbocycles. The van der Waals surface area contributed by atoms with Crippen LogP contribution in [0.4, 0.5) is 5.69 Å². The molecule has 0 aliphatic carbocycles. The Balaban J connectivity index is 2.43. The van der Waals surface area contributed by atoms with E-state index in [4.69, 9.17) is 0 Å². The summed E-state index contributed by atoms with van der Waals surface area (Å²) in [5, 5.41) is 2.82. The fourth-order valence-electron chi connectivity index (χ4n) is 1.94. The molecule has 2 amide bonds. The number of nitrogens with one attached hydrogen (secondary N) is 1. The summed E-state index contributed by atoms with van der Waals surface area (Å²) in [6, 6.07) is 7.59. The zero-order valence-corrected chi connectivity index (χ0v) is 14.9. The number of carbonyl (C=O) groups excluding carboxylic acids is 2. The lowest BCUT2D eigenvalue weighted by atomic mass is 10.3. The van der Waals surface area contributed by atoms with Gasteiger partial charge >= 0.3 is 0 Å². The van der Waals surface area contributed by atoms with Gasteiger partial charge in [0.25, 0.3) is 0 Å². The Labute approximate surface area is 139 Å². The topological polar surface area (TPSA) is 52.7 Å². The van der Waals surface area contributed by atoms with E-state index in [2.05, 4.69) is 27.9 Å². The quantitative estimate of drug-likeness (QED) is 0.709. The largest absolute Gasteiger partial charge is 0.342 e. The summed E-state index contributed by atoms with van der Waals surface area (Å²) >= 11 is 2.21. The first-order chi connectivity index (χ1) is 9.96. The number of hydrogen-bond donors (Lipinski definition) is 1. The fourth-order valence-corrected chi connectivity index (χ4v) is 2.30. The van der Waals surface area contributed by atoms with E-state index in [0.29, 0.717) is 13.1 Å². The third kappa shape index (κ3) is 6.43. The van der Waals surface area contributed by atoms with Crippen molar-refractivity contribution in [2.24, 2.45) is 0 Å². The van der Waals surface area contributed by atoms with Crippen molar-refractivity contribution in [2.75, 3.05) is 38.5 Å².